The van der Waals surface area contributed by atoms with Crippen LogP contribution in [0.25, 0.3) is 11.4 Å². The Morgan fingerprint density at radius 1 is 1.11 bits per heavy atom. The Kier molecular flexibility index (Phi) is 5.71. The normalized spacial score (nSPS) is 11.7. The van der Waals surface area contributed by atoms with E-state index in [4.69, 9.17) is 14.0 Å². The van der Waals surface area contributed by atoms with Crippen LogP contribution in [0.4, 0.5) is 0 Å². The first-order valence-corrected chi connectivity index (χ1v) is 8.51. The Hall–Kier alpha value is -3.35. The summed E-state index contributed by atoms with van der Waals surface area (Å²) in [4.78, 5) is 16.5. The quantitative estimate of drug-likeness (QED) is 0.690. The molecule has 1 heterocycles. The number of aromatic nitrogens is 2. The van der Waals surface area contributed by atoms with Crippen molar-refractivity contribution in [2.24, 2.45) is 0 Å². The maximum Gasteiger partial charge on any atom is 0.316 e. The Bertz CT molecular complexity index is 909. The standard InChI is InChI=1S/C20H21N3O4/c1-13(14-7-5-4-6-8-14)12-21-19(24)20-22-18(23-27-20)15-9-10-16(25-2)17(11-15)26-3/h4-11,13H,12H2,1-3H3,(H,21,24). The van der Waals surface area contributed by atoms with Crippen molar-refractivity contribution in [2.45, 2.75) is 12.8 Å². The number of benzene rings is 2. The van der Waals surface area contributed by atoms with Gasteiger partial charge in [-0.1, -0.05) is 42.4 Å². The largest absolute Gasteiger partial charge is 0.493 e. The Labute approximate surface area is 157 Å². The van der Waals surface area contributed by atoms with Crippen molar-refractivity contribution in [3.05, 3.63) is 60.0 Å². The molecule has 1 aromatic heterocycles. The lowest BCUT2D eigenvalue weighted by Gasteiger charge is -2.11. The van der Waals surface area contributed by atoms with Crippen molar-refractivity contribution in [2.75, 3.05) is 20.8 Å². The molecule has 140 valence electrons. The zero-order valence-electron chi connectivity index (χ0n) is 15.4. The van der Waals surface area contributed by atoms with Crippen molar-refractivity contribution in [3.63, 3.8) is 0 Å². The number of nitrogens with one attached hydrogen (secondary N) is 1. The van der Waals surface area contributed by atoms with Crippen LogP contribution < -0.4 is 14.8 Å². The summed E-state index contributed by atoms with van der Waals surface area (Å²) in [7, 11) is 3.11. The molecule has 7 nitrogen and oxygen atoms in total. The van der Waals surface area contributed by atoms with Gasteiger partial charge in [0.15, 0.2) is 11.5 Å². The topological polar surface area (TPSA) is 86.5 Å². The summed E-state index contributed by atoms with van der Waals surface area (Å²) in [5.41, 5.74) is 1.81. The number of methoxy groups -OCH3 is 2. The van der Waals surface area contributed by atoms with E-state index in [0.717, 1.165) is 5.56 Å². The predicted molar refractivity (Wildman–Crippen MR) is 100 cm³/mol. The molecular weight excluding hydrogens is 346 g/mol. The molecule has 0 bridgehead atoms. The molecule has 0 spiro atoms. The molecular formula is C20H21N3O4. The molecule has 1 atom stereocenters. The van der Waals surface area contributed by atoms with Crippen LogP contribution in [0.2, 0.25) is 0 Å². The minimum atomic E-state index is -0.406. The third-order valence-corrected chi connectivity index (χ3v) is 4.20. The Morgan fingerprint density at radius 2 is 1.85 bits per heavy atom. The number of rotatable bonds is 7. The van der Waals surface area contributed by atoms with Crippen LogP contribution in [-0.4, -0.2) is 36.8 Å². The van der Waals surface area contributed by atoms with Crippen LogP contribution in [-0.2, 0) is 0 Å². The minimum absolute atomic E-state index is 0.0833. The highest BCUT2D eigenvalue weighted by atomic mass is 16.5. The van der Waals surface area contributed by atoms with Crippen LogP contribution in [0.3, 0.4) is 0 Å². The lowest BCUT2D eigenvalue weighted by atomic mass is 10.0. The molecule has 0 aliphatic carbocycles. The van der Waals surface area contributed by atoms with Crippen LogP contribution in [0, 0.1) is 0 Å². The van der Waals surface area contributed by atoms with E-state index in [1.165, 1.54) is 0 Å². The number of carbonyl (C=O) groups is 1. The molecule has 1 N–H and O–H groups in total. The molecule has 0 saturated carbocycles. The molecule has 2 aromatic carbocycles. The maximum atomic E-state index is 12.3. The van der Waals surface area contributed by atoms with Crippen molar-refractivity contribution in [1.29, 1.82) is 0 Å². The highest BCUT2D eigenvalue weighted by Crippen LogP contribution is 2.31. The zero-order valence-corrected chi connectivity index (χ0v) is 15.4. The van der Waals surface area contributed by atoms with Crippen LogP contribution >= 0.6 is 0 Å². The highest BCUT2D eigenvalue weighted by Gasteiger charge is 2.18. The first kappa shape index (κ1) is 18.4. The molecule has 7 heteroatoms. The average Bonchev–Trinajstić information content (AvgIpc) is 3.22. The van der Waals surface area contributed by atoms with Crippen molar-refractivity contribution >= 4 is 5.91 Å². The Morgan fingerprint density at radius 3 is 2.56 bits per heavy atom. The molecule has 3 rings (SSSR count). The van der Waals surface area contributed by atoms with Gasteiger partial charge < -0.3 is 19.3 Å². The van der Waals surface area contributed by atoms with Crippen molar-refractivity contribution < 1.29 is 18.8 Å². The van der Waals surface area contributed by atoms with E-state index in [1.807, 2.05) is 37.3 Å². The summed E-state index contributed by atoms with van der Waals surface area (Å²) in [6.45, 7) is 2.51. The molecule has 0 aliphatic heterocycles. The number of carbonyl (C=O) groups excluding carboxylic acids is 1. The van der Waals surface area contributed by atoms with Crippen molar-refractivity contribution in [3.8, 4) is 22.9 Å². The third kappa shape index (κ3) is 4.25. The van der Waals surface area contributed by atoms with E-state index >= 15 is 0 Å². The van der Waals surface area contributed by atoms with E-state index in [-0.39, 0.29) is 11.8 Å². The van der Waals surface area contributed by atoms with Gasteiger partial charge in [0.1, 0.15) is 0 Å². The van der Waals surface area contributed by atoms with Gasteiger partial charge in [0.25, 0.3) is 0 Å². The number of nitrogens with zero attached hydrogens (tertiary/aromatic N) is 2. The highest BCUT2D eigenvalue weighted by molar-refractivity contribution is 5.89. The summed E-state index contributed by atoms with van der Waals surface area (Å²) in [6.07, 6.45) is 0. The number of hydrogen-bond donors (Lipinski definition) is 1. The van der Waals surface area contributed by atoms with Gasteiger partial charge in [0, 0.05) is 12.1 Å². The van der Waals surface area contributed by atoms with Gasteiger partial charge in [-0.15, -0.1) is 0 Å². The van der Waals surface area contributed by atoms with E-state index < -0.39 is 5.91 Å². The molecule has 1 amide bonds. The van der Waals surface area contributed by atoms with Gasteiger partial charge in [0.05, 0.1) is 14.2 Å². The lowest BCUT2D eigenvalue weighted by molar-refractivity contribution is 0.0908. The lowest BCUT2D eigenvalue weighted by Crippen LogP contribution is -2.27. The molecule has 0 fully saturated rings. The second-order valence-corrected chi connectivity index (χ2v) is 6.01. The summed E-state index contributed by atoms with van der Waals surface area (Å²) >= 11 is 0. The fraction of sp³-hybridized carbons (Fsp3) is 0.250. The maximum absolute atomic E-state index is 12.3. The molecule has 27 heavy (non-hydrogen) atoms. The van der Waals surface area contributed by atoms with Gasteiger partial charge >= 0.3 is 11.8 Å². The summed E-state index contributed by atoms with van der Waals surface area (Å²) < 4.78 is 15.6. The second kappa shape index (κ2) is 8.35. The van der Waals surface area contributed by atoms with Gasteiger partial charge in [-0.25, -0.2) is 0 Å². The molecule has 0 aliphatic rings. The first-order valence-electron chi connectivity index (χ1n) is 8.51. The van der Waals surface area contributed by atoms with E-state index in [1.54, 1.807) is 32.4 Å². The molecule has 0 radical (unpaired) electrons. The zero-order chi connectivity index (χ0) is 19.2. The van der Waals surface area contributed by atoms with Crippen LogP contribution in [0.1, 0.15) is 29.1 Å². The van der Waals surface area contributed by atoms with Gasteiger partial charge in [0.2, 0.25) is 5.82 Å². The summed E-state index contributed by atoms with van der Waals surface area (Å²) in [6, 6.07) is 15.2. The van der Waals surface area contributed by atoms with Gasteiger partial charge in [-0.3, -0.25) is 4.79 Å². The SMILES string of the molecule is COc1ccc(-c2noc(C(=O)NCC(C)c3ccccc3)n2)cc1OC. The smallest absolute Gasteiger partial charge is 0.316 e. The van der Waals surface area contributed by atoms with E-state index in [0.29, 0.717) is 29.4 Å². The molecule has 0 saturated heterocycles. The van der Waals surface area contributed by atoms with Crippen LogP contribution in [0.15, 0.2) is 53.1 Å². The Balaban J connectivity index is 1.67. The average molecular weight is 367 g/mol. The predicted octanol–water partition coefficient (Wildman–Crippen LogP) is 3.29. The molecule has 1 unspecified atom stereocenters. The van der Waals surface area contributed by atoms with E-state index in [9.17, 15) is 4.79 Å². The van der Waals surface area contributed by atoms with Crippen molar-refractivity contribution in [1.82, 2.24) is 15.5 Å². The minimum Gasteiger partial charge on any atom is -0.493 e. The van der Waals surface area contributed by atoms with Gasteiger partial charge in [-0.2, -0.15) is 4.98 Å². The van der Waals surface area contributed by atoms with Gasteiger partial charge in [-0.05, 0) is 29.7 Å². The monoisotopic (exact) mass is 367 g/mol. The summed E-state index contributed by atoms with van der Waals surface area (Å²) in [5, 5.41) is 6.70. The number of amides is 1. The second-order valence-electron chi connectivity index (χ2n) is 6.01. The number of hydrogen-bond acceptors (Lipinski definition) is 6. The third-order valence-electron chi connectivity index (χ3n) is 4.20. The fourth-order valence-electron chi connectivity index (χ4n) is 2.63. The van der Waals surface area contributed by atoms with Crippen LogP contribution in [0.5, 0.6) is 11.5 Å². The fourth-order valence-corrected chi connectivity index (χ4v) is 2.63. The summed E-state index contributed by atoms with van der Waals surface area (Å²) in [5.74, 6) is 1.12. The number of ether oxygens (including phenoxy) is 2. The molecule has 3 aromatic rings. The first-order chi connectivity index (χ1) is 13.1. The van der Waals surface area contributed by atoms with E-state index in [2.05, 4.69) is 15.5 Å².